The SMILES string of the molecule is COc1ccc(Cl)cc1NCC(=O)N1CCC[C@@H]1c1cccs1. The first kappa shape index (κ1) is 16.1. The predicted molar refractivity (Wildman–Crippen MR) is 94.5 cm³/mol. The van der Waals surface area contributed by atoms with Gasteiger partial charge in [-0.15, -0.1) is 11.3 Å². The van der Waals surface area contributed by atoms with Gasteiger partial charge in [-0.3, -0.25) is 4.79 Å². The molecule has 0 unspecified atom stereocenters. The van der Waals surface area contributed by atoms with Crippen LogP contribution in [0, 0.1) is 0 Å². The number of amides is 1. The van der Waals surface area contributed by atoms with E-state index in [-0.39, 0.29) is 18.5 Å². The first-order chi connectivity index (χ1) is 11.2. The van der Waals surface area contributed by atoms with E-state index in [1.54, 1.807) is 36.6 Å². The zero-order valence-corrected chi connectivity index (χ0v) is 14.5. The lowest BCUT2D eigenvalue weighted by Crippen LogP contribution is -2.34. The molecule has 23 heavy (non-hydrogen) atoms. The molecule has 1 aliphatic rings. The van der Waals surface area contributed by atoms with E-state index in [2.05, 4.69) is 16.8 Å². The summed E-state index contributed by atoms with van der Waals surface area (Å²) in [5.41, 5.74) is 0.736. The number of nitrogens with zero attached hydrogens (tertiary/aromatic N) is 1. The summed E-state index contributed by atoms with van der Waals surface area (Å²) in [6, 6.07) is 9.68. The van der Waals surface area contributed by atoms with E-state index in [1.807, 2.05) is 11.0 Å². The van der Waals surface area contributed by atoms with E-state index in [0.29, 0.717) is 10.8 Å². The standard InChI is InChI=1S/C17H19ClN2O2S/c1-22-15-7-6-12(18)10-13(15)19-11-17(21)20-8-2-4-14(20)16-5-3-9-23-16/h3,5-7,9-10,14,19H,2,4,8,11H2,1H3/t14-/m1/s1. The summed E-state index contributed by atoms with van der Waals surface area (Å²) in [5.74, 6) is 0.779. The minimum Gasteiger partial charge on any atom is -0.495 e. The van der Waals surface area contributed by atoms with Crippen molar-refractivity contribution in [3.05, 3.63) is 45.6 Å². The Hall–Kier alpha value is -1.72. The second kappa shape index (κ2) is 7.23. The van der Waals surface area contributed by atoms with Gasteiger partial charge < -0.3 is 15.0 Å². The Balaban J connectivity index is 1.66. The number of methoxy groups -OCH3 is 1. The number of anilines is 1. The molecular formula is C17H19ClN2O2S. The average molecular weight is 351 g/mol. The lowest BCUT2D eigenvalue weighted by Gasteiger charge is -2.24. The number of rotatable bonds is 5. The summed E-state index contributed by atoms with van der Waals surface area (Å²) in [6.07, 6.45) is 2.08. The summed E-state index contributed by atoms with van der Waals surface area (Å²) in [7, 11) is 1.60. The van der Waals surface area contributed by atoms with E-state index in [1.165, 1.54) is 4.88 Å². The zero-order valence-electron chi connectivity index (χ0n) is 12.9. The Labute approximate surface area is 145 Å². The van der Waals surface area contributed by atoms with E-state index in [4.69, 9.17) is 16.3 Å². The highest BCUT2D eigenvalue weighted by Gasteiger charge is 2.30. The highest BCUT2D eigenvalue weighted by atomic mass is 35.5. The Morgan fingerprint density at radius 2 is 2.35 bits per heavy atom. The van der Waals surface area contributed by atoms with Gasteiger partial charge in [0.15, 0.2) is 0 Å². The molecule has 2 aromatic rings. The van der Waals surface area contributed by atoms with Gasteiger partial charge in [0.1, 0.15) is 5.75 Å². The lowest BCUT2D eigenvalue weighted by molar-refractivity contribution is -0.130. The van der Waals surface area contributed by atoms with Gasteiger partial charge in [0, 0.05) is 16.4 Å². The van der Waals surface area contributed by atoms with Gasteiger partial charge in [-0.2, -0.15) is 0 Å². The minimum absolute atomic E-state index is 0.0999. The van der Waals surface area contributed by atoms with Crippen LogP contribution in [0.3, 0.4) is 0 Å². The number of carbonyl (C=O) groups is 1. The fourth-order valence-corrected chi connectivity index (χ4v) is 3.98. The van der Waals surface area contributed by atoms with E-state index < -0.39 is 0 Å². The fraction of sp³-hybridized carbons (Fsp3) is 0.353. The quantitative estimate of drug-likeness (QED) is 0.879. The number of nitrogens with one attached hydrogen (secondary N) is 1. The third kappa shape index (κ3) is 3.62. The molecule has 1 N–H and O–H groups in total. The number of benzene rings is 1. The molecule has 4 nitrogen and oxygen atoms in total. The maximum absolute atomic E-state index is 12.6. The second-order valence-electron chi connectivity index (χ2n) is 5.46. The lowest BCUT2D eigenvalue weighted by atomic mass is 10.2. The second-order valence-corrected chi connectivity index (χ2v) is 6.87. The molecule has 1 saturated heterocycles. The summed E-state index contributed by atoms with van der Waals surface area (Å²) in [5, 5.41) is 5.82. The van der Waals surface area contributed by atoms with Crippen LogP contribution in [0.25, 0.3) is 0 Å². The summed E-state index contributed by atoms with van der Waals surface area (Å²) < 4.78 is 5.29. The monoisotopic (exact) mass is 350 g/mol. The molecule has 1 aromatic carbocycles. The summed E-state index contributed by atoms with van der Waals surface area (Å²) in [4.78, 5) is 15.8. The third-order valence-corrected chi connectivity index (χ3v) is 5.24. The molecule has 0 aliphatic carbocycles. The van der Waals surface area contributed by atoms with Crippen molar-refractivity contribution in [1.82, 2.24) is 4.90 Å². The van der Waals surface area contributed by atoms with Gasteiger partial charge in [0.25, 0.3) is 0 Å². The molecule has 0 bridgehead atoms. The highest BCUT2D eigenvalue weighted by molar-refractivity contribution is 7.10. The molecular weight excluding hydrogens is 332 g/mol. The number of ether oxygens (including phenoxy) is 1. The fourth-order valence-electron chi connectivity index (χ4n) is 2.93. The number of thiophene rings is 1. The Kier molecular flexibility index (Phi) is 5.08. The maximum atomic E-state index is 12.6. The zero-order chi connectivity index (χ0) is 16.2. The molecule has 0 spiro atoms. The van der Waals surface area contributed by atoms with Gasteiger partial charge in [-0.1, -0.05) is 17.7 Å². The van der Waals surface area contributed by atoms with E-state index >= 15 is 0 Å². The maximum Gasteiger partial charge on any atom is 0.242 e. The highest BCUT2D eigenvalue weighted by Crippen LogP contribution is 2.34. The molecule has 6 heteroatoms. The number of hydrogen-bond acceptors (Lipinski definition) is 4. The third-order valence-electron chi connectivity index (χ3n) is 4.04. The van der Waals surface area contributed by atoms with Crippen LogP contribution in [0.2, 0.25) is 5.02 Å². The van der Waals surface area contributed by atoms with Gasteiger partial charge in [0.2, 0.25) is 5.91 Å². The van der Waals surface area contributed by atoms with Crippen molar-refractivity contribution in [2.75, 3.05) is 25.5 Å². The summed E-state index contributed by atoms with van der Waals surface area (Å²) in [6.45, 7) is 1.05. The molecule has 1 aliphatic heterocycles. The average Bonchev–Trinajstić information content (AvgIpc) is 3.23. The van der Waals surface area contributed by atoms with Crippen molar-refractivity contribution in [2.24, 2.45) is 0 Å². The molecule has 122 valence electrons. The van der Waals surface area contributed by atoms with Crippen molar-refractivity contribution in [3.63, 3.8) is 0 Å². The van der Waals surface area contributed by atoms with Gasteiger partial charge in [-0.05, 0) is 42.5 Å². The first-order valence-electron chi connectivity index (χ1n) is 7.59. The van der Waals surface area contributed by atoms with E-state index in [9.17, 15) is 4.79 Å². The topological polar surface area (TPSA) is 41.6 Å². The van der Waals surface area contributed by atoms with Crippen LogP contribution in [0.15, 0.2) is 35.7 Å². The van der Waals surface area contributed by atoms with Crippen LogP contribution in [0.1, 0.15) is 23.8 Å². The number of likely N-dealkylation sites (tertiary alicyclic amines) is 1. The van der Waals surface area contributed by atoms with Gasteiger partial charge in [-0.25, -0.2) is 0 Å². The Bertz CT molecular complexity index is 675. The molecule has 0 saturated carbocycles. The Morgan fingerprint density at radius 3 is 3.09 bits per heavy atom. The normalized spacial score (nSPS) is 17.3. The summed E-state index contributed by atoms with van der Waals surface area (Å²) >= 11 is 7.73. The largest absolute Gasteiger partial charge is 0.495 e. The van der Waals surface area contributed by atoms with Crippen molar-refractivity contribution in [3.8, 4) is 5.75 Å². The van der Waals surface area contributed by atoms with Crippen LogP contribution < -0.4 is 10.1 Å². The van der Waals surface area contributed by atoms with Crippen molar-refractivity contribution in [1.29, 1.82) is 0 Å². The van der Waals surface area contributed by atoms with Gasteiger partial charge >= 0.3 is 0 Å². The molecule has 1 aromatic heterocycles. The van der Waals surface area contributed by atoms with Crippen LogP contribution in [0.5, 0.6) is 5.75 Å². The Morgan fingerprint density at radius 1 is 1.48 bits per heavy atom. The van der Waals surface area contributed by atoms with Crippen molar-refractivity contribution >= 4 is 34.5 Å². The first-order valence-corrected chi connectivity index (χ1v) is 8.85. The molecule has 3 rings (SSSR count). The van der Waals surface area contributed by atoms with Crippen molar-refractivity contribution in [2.45, 2.75) is 18.9 Å². The molecule has 1 amide bonds. The van der Waals surface area contributed by atoms with Gasteiger partial charge in [0.05, 0.1) is 25.4 Å². The number of carbonyl (C=O) groups excluding carboxylic acids is 1. The smallest absolute Gasteiger partial charge is 0.242 e. The number of hydrogen-bond donors (Lipinski definition) is 1. The van der Waals surface area contributed by atoms with Crippen LogP contribution in [0.4, 0.5) is 5.69 Å². The molecule has 0 radical (unpaired) electrons. The van der Waals surface area contributed by atoms with Crippen LogP contribution in [-0.2, 0) is 4.79 Å². The van der Waals surface area contributed by atoms with Crippen LogP contribution >= 0.6 is 22.9 Å². The minimum atomic E-state index is 0.0999. The molecule has 1 fully saturated rings. The van der Waals surface area contributed by atoms with E-state index in [0.717, 1.165) is 25.1 Å². The molecule has 1 atom stereocenters. The number of halogens is 1. The van der Waals surface area contributed by atoms with Crippen LogP contribution in [-0.4, -0.2) is 31.0 Å². The predicted octanol–water partition coefficient (Wildman–Crippen LogP) is 4.19. The van der Waals surface area contributed by atoms with Crippen molar-refractivity contribution < 1.29 is 9.53 Å². The molecule has 2 heterocycles.